The first-order chi connectivity index (χ1) is 8.72. The van der Waals surface area contributed by atoms with E-state index in [1.54, 1.807) is 0 Å². The van der Waals surface area contributed by atoms with Gasteiger partial charge in [0, 0.05) is 16.8 Å². The van der Waals surface area contributed by atoms with E-state index in [1.807, 2.05) is 6.20 Å². The summed E-state index contributed by atoms with van der Waals surface area (Å²) in [5.41, 5.74) is 11.9. The summed E-state index contributed by atoms with van der Waals surface area (Å²) in [4.78, 5) is 7.42. The van der Waals surface area contributed by atoms with Crippen molar-refractivity contribution >= 4 is 5.57 Å². The van der Waals surface area contributed by atoms with E-state index in [9.17, 15) is 0 Å². The zero-order chi connectivity index (χ0) is 13.0. The Bertz CT molecular complexity index is 481. The lowest BCUT2D eigenvalue weighted by molar-refractivity contribution is 0.656. The van der Waals surface area contributed by atoms with Gasteiger partial charge >= 0.3 is 0 Å². The lowest BCUT2D eigenvalue weighted by atomic mass is 9.90. The Morgan fingerprint density at radius 3 is 2.89 bits per heavy atom. The number of hydrogen-bond donors (Lipinski definition) is 0. The maximum atomic E-state index is 8.62. The molecule has 18 heavy (non-hydrogen) atoms. The Morgan fingerprint density at radius 1 is 1.44 bits per heavy atom. The molecule has 0 fully saturated rings. The van der Waals surface area contributed by atoms with E-state index in [4.69, 9.17) is 5.53 Å². The highest BCUT2D eigenvalue weighted by atomic mass is 15.1. The molecule has 0 aromatic carbocycles. The SMILES string of the molecule is CC(C)c1ccc(C2=CCCCC2N=[N+]=[N-])cn1. The molecule has 4 heteroatoms. The van der Waals surface area contributed by atoms with Crippen LogP contribution in [0.2, 0.25) is 0 Å². The second-order valence-corrected chi connectivity index (χ2v) is 4.94. The summed E-state index contributed by atoms with van der Waals surface area (Å²) in [6.07, 6.45) is 7.15. The van der Waals surface area contributed by atoms with E-state index in [2.05, 4.69) is 47.1 Å². The van der Waals surface area contributed by atoms with Crippen molar-refractivity contribution in [2.45, 2.75) is 45.1 Å². The third-order valence-electron chi connectivity index (χ3n) is 3.31. The fourth-order valence-electron chi connectivity index (χ4n) is 2.27. The molecule has 0 saturated carbocycles. The minimum Gasteiger partial charge on any atom is -0.260 e. The first-order valence-electron chi connectivity index (χ1n) is 6.43. The van der Waals surface area contributed by atoms with Crippen molar-refractivity contribution in [1.82, 2.24) is 4.98 Å². The first-order valence-corrected chi connectivity index (χ1v) is 6.43. The minimum absolute atomic E-state index is 0.0320. The summed E-state index contributed by atoms with van der Waals surface area (Å²) >= 11 is 0. The van der Waals surface area contributed by atoms with Gasteiger partial charge in [0.2, 0.25) is 0 Å². The average molecular weight is 242 g/mol. The molecule has 0 bridgehead atoms. The number of aromatic nitrogens is 1. The van der Waals surface area contributed by atoms with Gasteiger partial charge in [0.05, 0.1) is 6.04 Å². The van der Waals surface area contributed by atoms with Gasteiger partial charge in [-0.05, 0) is 47.9 Å². The van der Waals surface area contributed by atoms with Crippen LogP contribution in [0.4, 0.5) is 0 Å². The summed E-state index contributed by atoms with van der Waals surface area (Å²) in [7, 11) is 0. The molecule has 0 spiro atoms. The second kappa shape index (κ2) is 5.69. The van der Waals surface area contributed by atoms with Crippen LogP contribution in [0.3, 0.4) is 0 Å². The normalized spacial score (nSPS) is 19.3. The van der Waals surface area contributed by atoms with Crippen LogP contribution >= 0.6 is 0 Å². The van der Waals surface area contributed by atoms with Crippen LogP contribution in [0, 0.1) is 0 Å². The van der Waals surface area contributed by atoms with Crippen LogP contribution in [0.25, 0.3) is 16.0 Å². The Balaban J connectivity index is 2.29. The molecule has 1 atom stereocenters. The molecule has 2 rings (SSSR count). The third kappa shape index (κ3) is 2.71. The predicted octanol–water partition coefficient (Wildman–Crippen LogP) is 4.45. The molecule has 94 valence electrons. The van der Waals surface area contributed by atoms with Crippen LogP contribution in [0.15, 0.2) is 29.5 Å². The molecular weight excluding hydrogens is 224 g/mol. The fraction of sp³-hybridized carbons (Fsp3) is 0.500. The molecule has 0 saturated heterocycles. The average Bonchev–Trinajstić information content (AvgIpc) is 2.40. The Kier molecular flexibility index (Phi) is 4.00. The molecule has 4 nitrogen and oxygen atoms in total. The van der Waals surface area contributed by atoms with Crippen molar-refractivity contribution in [1.29, 1.82) is 0 Å². The van der Waals surface area contributed by atoms with Gasteiger partial charge in [-0.1, -0.05) is 31.1 Å². The number of pyridine rings is 1. The molecule has 0 amide bonds. The highest BCUT2D eigenvalue weighted by Crippen LogP contribution is 2.29. The predicted molar refractivity (Wildman–Crippen MR) is 73.1 cm³/mol. The standard InChI is InChI=1S/C14H18N4/c1-10(2)13-8-7-11(9-16-13)12-5-3-4-6-14(12)17-18-15/h5,7-10,14H,3-4,6H2,1-2H3. The molecule has 0 radical (unpaired) electrons. The summed E-state index contributed by atoms with van der Waals surface area (Å²) in [6, 6.07) is 4.11. The van der Waals surface area contributed by atoms with Gasteiger partial charge in [-0.2, -0.15) is 0 Å². The van der Waals surface area contributed by atoms with Gasteiger partial charge in [0.15, 0.2) is 0 Å². The van der Waals surface area contributed by atoms with Gasteiger partial charge in [-0.3, -0.25) is 4.98 Å². The van der Waals surface area contributed by atoms with E-state index in [1.165, 1.54) is 0 Å². The van der Waals surface area contributed by atoms with Crippen LogP contribution in [0.5, 0.6) is 0 Å². The molecule has 1 unspecified atom stereocenters. The fourth-order valence-corrected chi connectivity index (χ4v) is 2.27. The molecule has 1 aliphatic rings. The van der Waals surface area contributed by atoms with E-state index >= 15 is 0 Å². The quantitative estimate of drug-likeness (QED) is 0.438. The second-order valence-electron chi connectivity index (χ2n) is 4.94. The number of rotatable bonds is 3. The number of azide groups is 1. The van der Waals surface area contributed by atoms with Crippen LogP contribution in [-0.2, 0) is 0 Å². The number of hydrogen-bond acceptors (Lipinski definition) is 2. The summed E-state index contributed by atoms with van der Waals surface area (Å²) in [6.45, 7) is 4.26. The molecular formula is C14H18N4. The topological polar surface area (TPSA) is 61.7 Å². The van der Waals surface area contributed by atoms with Gasteiger partial charge < -0.3 is 0 Å². The summed E-state index contributed by atoms with van der Waals surface area (Å²) < 4.78 is 0. The van der Waals surface area contributed by atoms with Gasteiger partial charge in [0.25, 0.3) is 0 Å². The largest absolute Gasteiger partial charge is 0.260 e. The highest BCUT2D eigenvalue weighted by molar-refractivity contribution is 5.70. The monoisotopic (exact) mass is 242 g/mol. The van der Waals surface area contributed by atoms with E-state index in [0.29, 0.717) is 5.92 Å². The third-order valence-corrected chi connectivity index (χ3v) is 3.31. The first kappa shape index (κ1) is 12.7. The van der Waals surface area contributed by atoms with Crippen molar-refractivity contribution in [2.75, 3.05) is 0 Å². The van der Waals surface area contributed by atoms with Crippen molar-refractivity contribution < 1.29 is 0 Å². The van der Waals surface area contributed by atoms with Crippen molar-refractivity contribution in [3.8, 4) is 0 Å². The van der Waals surface area contributed by atoms with Crippen LogP contribution in [-0.4, -0.2) is 11.0 Å². The van der Waals surface area contributed by atoms with Crippen LogP contribution < -0.4 is 0 Å². The van der Waals surface area contributed by atoms with Crippen LogP contribution in [0.1, 0.15) is 50.3 Å². The smallest absolute Gasteiger partial charge is 0.0628 e. The minimum atomic E-state index is -0.0320. The lowest BCUT2D eigenvalue weighted by Gasteiger charge is -2.20. The molecule has 1 aromatic rings. The van der Waals surface area contributed by atoms with Crippen molar-refractivity contribution in [3.63, 3.8) is 0 Å². The zero-order valence-corrected chi connectivity index (χ0v) is 10.9. The molecule has 0 aliphatic heterocycles. The van der Waals surface area contributed by atoms with Crippen molar-refractivity contribution in [3.05, 3.63) is 46.1 Å². The zero-order valence-electron chi connectivity index (χ0n) is 10.9. The van der Waals surface area contributed by atoms with Gasteiger partial charge in [-0.25, -0.2) is 0 Å². The summed E-state index contributed by atoms with van der Waals surface area (Å²) in [5.74, 6) is 0.437. The molecule has 1 heterocycles. The maximum Gasteiger partial charge on any atom is 0.0628 e. The highest BCUT2D eigenvalue weighted by Gasteiger charge is 2.18. The van der Waals surface area contributed by atoms with E-state index < -0.39 is 0 Å². The molecule has 1 aliphatic carbocycles. The number of nitrogens with zero attached hydrogens (tertiary/aromatic N) is 4. The Morgan fingerprint density at radius 2 is 2.28 bits per heavy atom. The molecule has 0 N–H and O–H groups in total. The van der Waals surface area contributed by atoms with E-state index in [0.717, 1.165) is 36.1 Å². The number of allylic oxidation sites excluding steroid dienone is 1. The maximum absolute atomic E-state index is 8.62. The molecule has 1 aromatic heterocycles. The summed E-state index contributed by atoms with van der Waals surface area (Å²) in [5, 5.41) is 3.88. The van der Waals surface area contributed by atoms with Crippen molar-refractivity contribution in [2.24, 2.45) is 5.11 Å². The Labute approximate surface area is 107 Å². The lowest BCUT2D eigenvalue weighted by Crippen LogP contribution is -2.11. The van der Waals surface area contributed by atoms with Gasteiger partial charge in [-0.15, -0.1) is 0 Å². The van der Waals surface area contributed by atoms with E-state index in [-0.39, 0.29) is 6.04 Å². The Hall–Kier alpha value is -1.80. The van der Waals surface area contributed by atoms with Gasteiger partial charge in [0.1, 0.15) is 0 Å².